The summed E-state index contributed by atoms with van der Waals surface area (Å²) in [6.07, 6.45) is 1.72. The lowest BCUT2D eigenvalue weighted by atomic mass is 9.97. The van der Waals surface area contributed by atoms with Gasteiger partial charge in [0.15, 0.2) is 5.70 Å². The molecule has 5 nitrogen and oxygen atoms in total. The Hall–Kier alpha value is -2.47. The zero-order chi connectivity index (χ0) is 18.0. The lowest BCUT2D eigenvalue weighted by Crippen LogP contribution is -2.21. The third kappa shape index (κ3) is 4.33. The molecule has 6 heteroatoms. The van der Waals surface area contributed by atoms with Crippen molar-refractivity contribution in [2.45, 2.75) is 34.3 Å². The van der Waals surface area contributed by atoms with Crippen molar-refractivity contribution in [1.29, 1.82) is 0 Å². The number of esters is 1. The number of hydrogen-bond acceptors (Lipinski definition) is 6. The second kappa shape index (κ2) is 6.80. The average Bonchev–Trinajstić information content (AvgIpc) is 3.13. The second-order valence-electron chi connectivity index (χ2n) is 6.80. The third-order valence-corrected chi connectivity index (χ3v) is 4.32. The first-order valence-corrected chi connectivity index (χ1v) is 8.86. The highest BCUT2D eigenvalue weighted by molar-refractivity contribution is 7.09. The number of nitrogens with zero attached hydrogens (tertiary/aromatic N) is 2. The van der Waals surface area contributed by atoms with E-state index in [-0.39, 0.29) is 5.41 Å². The molecular formula is C19H20N2O3S. The molecule has 0 spiro atoms. The largest absolute Gasteiger partial charge is 0.487 e. The number of hydrogen-bond donors (Lipinski definition) is 0. The van der Waals surface area contributed by atoms with Crippen LogP contribution in [0.5, 0.6) is 5.75 Å². The van der Waals surface area contributed by atoms with Gasteiger partial charge in [0.1, 0.15) is 12.4 Å². The molecular weight excluding hydrogens is 336 g/mol. The first-order chi connectivity index (χ1) is 11.8. The molecule has 3 rings (SSSR count). The minimum Gasteiger partial charge on any atom is -0.487 e. The summed E-state index contributed by atoms with van der Waals surface area (Å²) in [5.74, 6) is 0.784. The molecule has 0 saturated carbocycles. The highest BCUT2D eigenvalue weighted by atomic mass is 32.1. The second-order valence-corrected chi connectivity index (χ2v) is 7.86. The summed E-state index contributed by atoms with van der Waals surface area (Å²) in [5.41, 5.74) is 1.81. The number of ether oxygens (including phenoxy) is 2. The lowest BCUT2D eigenvalue weighted by molar-refractivity contribution is -0.130. The van der Waals surface area contributed by atoms with Gasteiger partial charge < -0.3 is 9.47 Å². The fraction of sp³-hybridized carbons (Fsp3) is 0.316. The van der Waals surface area contributed by atoms with E-state index in [4.69, 9.17) is 9.47 Å². The Morgan fingerprint density at radius 3 is 2.52 bits per heavy atom. The highest BCUT2D eigenvalue weighted by Crippen LogP contribution is 2.26. The van der Waals surface area contributed by atoms with Crippen LogP contribution in [0.15, 0.2) is 40.3 Å². The van der Waals surface area contributed by atoms with Gasteiger partial charge in [0.05, 0.1) is 10.7 Å². The summed E-state index contributed by atoms with van der Waals surface area (Å²) >= 11 is 1.61. The van der Waals surface area contributed by atoms with E-state index in [1.54, 1.807) is 17.4 Å². The number of aliphatic imine (C=N–C) groups is 1. The van der Waals surface area contributed by atoms with E-state index in [1.165, 1.54) is 0 Å². The SMILES string of the molecule is Cc1nc(COc2ccc(/C=C3/N=C(C(C)(C)C)OC3=O)cc2)cs1. The van der Waals surface area contributed by atoms with Crippen molar-refractivity contribution in [2.24, 2.45) is 10.4 Å². The number of rotatable bonds is 4. The summed E-state index contributed by atoms with van der Waals surface area (Å²) in [5, 5.41) is 3.02. The van der Waals surface area contributed by atoms with Crippen LogP contribution in [0.1, 0.15) is 37.0 Å². The van der Waals surface area contributed by atoms with Crippen molar-refractivity contribution in [2.75, 3.05) is 0 Å². The van der Waals surface area contributed by atoms with Gasteiger partial charge in [-0.3, -0.25) is 0 Å². The van der Waals surface area contributed by atoms with Crippen LogP contribution in [-0.4, -0.2) is 16.9 Å². The molecule has 1 aliphatic rings. The molecule has 2 heterocycles. The number of aromatic nitrogens is 1. The molecule has 0 aliphatic carbocycles. The number of benzene rings is 1. The maximum atomic E-state index is 11.9. The number of carbonyl (C=O) groups is 1. The minimum atomic E-state index is -0.413. The molecule has 0 unspecified atom stereocenters. The number of cyclic esters (lactones) is 1. The number of carbonyl (C=O) groups excluding carboxylic acids is 1. The smallest absolute Gasteiger partial charge is 0.363 e. The molecule has 2 aromatic rings. The van der Waals surface area contributed by atoms with Gasteiger partial charge in [-0.1, -0.05) is 32.9 Å². The number of thiazole rings is 1. The van der Waals surface area contributed by atoms with E-state index in [0.717, 1.165) is 22.0 Å². The normalized spacial score (nSPS) is 16.1. The Kier molecular flexibility index (Phi) is 4.72. The van der Waals surface area contributed by atoms with Crippen LogP contribution in [0.4, 0.5) is 0 Å². The number of aryl methyl sites for hydroxylation is 1. The van der Waals surface area contributed by atoms with Crippen LogP contribution < -0.4 is 4.74 Å². The quantitative estimate of drug-likeness (QED) is 0.603. The van der Waals surface area contributed by atoms with E-state index in [1.807, 2.05) is 57.3 Å². The molecule has 1 aliphatic heterocycles. The Labute approximate surface area is 151 Å². The van der Waals surface area contributed by atoms with Crippen LogP contribution >= 0.6 is 11.3 Å². The van der Waals surface area contributed by atoms with Crippen molar-refractivity contribution < 1.29 is 14.3 Å². The first kappa shape index (κ1) is 17.4. The summed E-state index contributed by atoms with van der Waals surface area (Å²) in [6, 6.07) is 7.49. The maximum absolute atomic E-state index is 11.9. The fourth-order valence-electron chi connectivity index (χ4n) is 2.18. The van der Waals surface area contributed by atoms with Crippen molar-refractivity contribution in [3.8, 4) is 5.75 Å². The van der Waals surface area contributed by atoms with Gasteiger partial charge >= 0.3 is 5.97 Å². The van der Waals surface area contributed by atoms with Gasteiger partial charge in [-0.05, 0) is 30.7 Å². The van der Waals surface area contributed by atoms with Gasteiger partial charge in [-0.25, -0.2) is 14.8 Å². The molecule has 130 valence electrons. The fourth-order valence-corrected chi connectivity index (χ4v) is 2.78. The van der Waals surface area contributed by atoms with Crippen molar-refractivity contribution in [3.63, 3.8) is 0 Å². The molecule has 0 bridgehead atoms. The van der Waals surface area contributed by atoms with Gasteiger partial charge in [0.2, 0.25) is 5.90 Å². The Bertz CT molecular complexity index is 842. The topological polar surface area (TPSA) is 60.8 Å². The predicted molar refractivity (Wildman–Crippen MR) is 98.6 cm³/mol. The van der Waals surface area contributed by atoms with Gasteiger partial charge in [-0.15, -0.1) is 11.3 Å². The summed E-state index contributed by atoms with van der Waals surface area (Å²) in [6.45, 7) is 8.28. The average molecular weight is 356 g/mol. The summed E-state index contributed by atoms with van der Waals surface area (Å²) < 4.78 is 11.0. The Balaban J connectivity index is 1.68. The monoisotopic (exact) mass is 356 g/mol. The van der Waals surface area contributed by atoms with Crippen LogP contribution in [-0.2, 0) is 16.1 Å². The zero-order valence-corrected chi connectivity index (χ0v) is 15.5. The van der Waals surface area contributed by atoms with Crippen molar-refractivity contribution >= 4 is 29.3 Å². The van der Waals surface area contributed by atoms with Gasteiger partial charge in [-0.2, -0.15) is 0 Å². The van der Waals surface area contributed by atoms with E-state index >= 15 is 0 Å². The van der Waals surface area contributed by atoms with E-state index in [2.05, 4.69) is 9.98 Å². The predicted octanol–water partition coefficient (Wildman–Crippen LogP) is 4.37. The maximum Gasteiger partial charge on any atom is 0.363 e. The first-order valence-electron chi connectivity index (χ1n) is 7.98. The Morgan fingerprint density at radius 2 is 1.96 bits per heavy atom. The summed E-state index contributed by atoms with van der Waals surface area (Å²) in [7, 11) is 0. The van der Waals surface area contributed by atoms with Gasteiger partial charge in [0.25, 0.3) is 0 Å². The highest BCUT2D eigenvalue weighted by Gasteiger charge is 2.31. The third-order valence-electron chi connectivity index (χ3n) is 3.50. The standard InChI is InChI=1S/C19H20N2O3S/c1-12-20-14(11-25-12)10-23-15-7-5-13(6-8-15)9-16-17(22)24-18(21-16)19(2,3)4/h5-9,11H,10H2,1-4H3/b16-9+. The molecule has 25 heavy (non-hydrogen) atoms. The molecule has 1 aromatic heterocycles. The van der Waals surface area contributed by atoms with Crippen LogP contribution in [0.2, 0.25) is 0 Å². The van der Waals surface area contributed by atoms with Crippen molar-refractivity contribution in [3.05, 3.63) is 51.6 Å². The zero-order valence-electron chi connectivity index (χ0n) is 14.7. The van der Waals surface area contributed by atoms with E-state index in [0.29, 0.717) is 18.2 Å². The van der Waals surface area contributed by atoms with Crippen molar-refractivity contribution in [1.82, 2.24) is 4.98 Å². The van der Waals surface area contributed by atoms with Gasteiger partial charge in [0, 0.05) is 10.8 Å². The molecule has 0 atom stereocenters. The molecule has 1 aromatic carbocycles. The minimum absolute atomic E-state index is 0.295. The molecule has 0 amide bonds. The van der Waals surface area contributed by atoms with Crippen LogP contribution in [0.3, 0.4) is 0 Å². The molecule has 0 fully saturated rings. The van der Waals surface area contributed by atoms with Crippen LogP contribution in [0.25, 0.3) is 6.08 Å². The lowest BCUT2D eigenvalue weighted by Gasteiger charge is -2.15. The molecule has 0 saturated heterocycles. The van der Waals surface area contributed by atoms with E-state index < -0.39 is 5.97 Å². The Morgan fingerprint density at radius 1 is 1.24 bits per heavy atom. The molecule has 0 radical (unpaired) electrons. The molecule has 0 N–H and O–H groups in total. The summed E-state index contributed by atoms with van der Waals surface area (Å²) in [4.78, 5) is 20.6. The van der Waals surface area contributed by atoms with Crippen LogP contribution in [0, 0.1) is 12.3 Å². The van der Waals surface area contributed by atoms with E-state index in [9.17, 15) is 4.79 Å².